The molecule has 0 unspecified atom stereocenters. The van der Waals surface area contributed by atoms with Crippen LogP contribution in [0.5, 0.6) is 0 Å². The topological polar surface area (TPSA) is 64.7 Å². The van der Waals surface area contributed by atoms with Gasteiger partial charge in [-0.3, -0.25) is 14.2 Å². The molecule has 0 aliphatic rings. The van der Waals surface area contributed by atoms with Gasteiger partial charge in [-0.2, -0.15) is 10.2 Å². The van der Waals surface area contributed by atoms with Crippen molar-refractivity contribution in [2.45, 2.75) is 20.4 Å². The van der Waals surface area contributed by atoms with E-state index >= 15 is 0 Å². The van der Waals surface area contributed by atoms with Crippen LogP contribution in [0, 0.1) is 6.92 Å². The van der Waals surface area contributed by atoms with E-state index in [0.29, 0.717) is 22.9 Å². The first kappa shape index (κ1) is 12.6. The molecule has 1 amide bonds. The second kappa shape index (κ2) is 4.81. The van der Waals surface area contributed by atoms with E-state index in [4.69, 9.17) is 11.6 Å². The summed E-state index contributed by atoms with van der Waals surface area (Å²) in [5, 5.41) is 11.2. The third-order valence-electron chi connectivity index (χ3n) is 2.79. The van der Waals surface area contributed by atoms with Crippen LogP contribution in [0.25, 0.3) is 0 Å². The van der Waals surface area contributed by atoms with Gasteiger partial charge in [0.2, 0.25) is 0 Å². The second-order valence-corrected chi connectivity index (χ2v) is 4.29. The Balaban J connectivity index is 2.27. The molecule has 1 N–H and O–H groups in total. The second-order valence-electron chi connectivity index (χ2n) is 3.88. The smallest absolute Gasteiger partial charge is 0.275 e. The van der Waals surface area contributed by atoms with Crippen LogP contribution in [0.1, 0.15) is 23.1 Å². The number of rotatable bonds is 3. The molecule has 0 spiro atoms. The lowest BCUT2D eigenvalue weighted by Crippen LogP contribution is -2.18. The third kappa shape index (κ3) is 2.11. The van der Waals surface area contributed by atoms with Crippen LogP contribution in [0.4, 0.5) is 5.69 Å². The number of halogens is 1. The van der Waals surface area contributed by atoms with Crippen molar-refractivity contribution in [2.75, 3.05) is 5.32 Å². The van der Waals surface area contributed by atoms with Crippen LogP contribution in [0.15, 0.2) is 12.4 Å². The summed E-state index contributed by atoms with van der Waals surface area (Å²) in [6.07, 6.45) is 3.07. The third-order valence-corrected chi connectivity index (χ3v) is 3.07. The fraction of sp³-hybridized carbons (Fsp3) is 0.364. The molecule has 0 aliphatic heterocycles. The molecule has 0 saturated heterocycles. The Kier molecular flexibility index (Phi) is 3.38. The van der Waals surface area contributed by atoms with Gasteiger partial charge in [-0.25, -0.2) is 0 Å². The Bertz CT molecular complexity index is 586. The summed E-state index contributed by atoms with van der Waals surface area (Å²) >= 11 is 5.96. The molecular weight excluding hydrogens is 254 g/mol. The summed E-state index contributed by atoms with van der Waals surface area (Å²) < 4.78 is 3.25. The summed E-state index contributed by atoms with van der Waals surface area (Å²) in [6.45, 7) is 4.36. The van der Waals surface area contributed by atoms with Crippen molar-refractivity contribution in [3.8, 4) is 0 Å². The highest BCUT2D eigenvalue weighted by Gasteiger charge is 2.18. The summed E-state index contributed by atoms with van der Waals surface area (Å²) in [5.74, 6) is -0.282. The van der Waals surface area contributed by atoms with Crippen LogP contribution < -0.4 is 5.32 Å². The monoisotopic (exact) mass is 267 g/mol. The molecule has 0 bridgehead atoms. The number of anilines is 1. The van der Waals surface area contributed by atoms with E-state index in [9.17, 15) is 4.79 Å². The molecule has 2 rings (SSSR count). The van der Waals surface area contributed by atoms with Gasteiger partial charge in [0.25, 0.3) is 5.91 Å². The molecule has 2 heterocycles. The van der Waals surface area contributed by atoms with Gasteiger partial charge in [-0.1, -0.05) is 11.6 Å². The lowest BCUT2D eigenvalue weighted by atomic mass is 10.3. The minimum atomic E-state index is -0.282. The van der Waals surface area contributed by atoms with E-state index in [2.05, 4.69) is 15.5 Å². The molecule has 18 heavy (non-hydrogen) atoms. The van der Waals surface area contributed by atoms with Gasteiger partial charge in [0.05, 0.1) is 28.8 Å². The number of carbonyl (C=O) groups is 1. The van der Waals surface area contributed by atoms with E-state index in [1.165, 1.54) is 6.20 Å². The first-order valence-electron chi connectivity index (χ1n) is 5.55. The Morgan fingerprint density at radius 2 is 2.17 bits per heavy atom. The highest BCUT2D eigenvalue weighted by molar-refractivity contribution is 6.34. The number of carbonyl (C=O) groups excluding carboxylic acids is 1. The first-order chi connectivity index (χ1) is 8.54. The van der Waals surface area contributed by atoms with Gasteiger partial charge in [0.15, 0.2) is 0 Å². The Labute approximate surface area is 110 Å². The van der Waals surface area contributed by atoms with Gasteiger partial charge in [0.1, 0.15) is 5.69 Å². The van der Waals surface area contributed by atoms with Gasteiger partial charge in [-0.15, -0.1) is 0 Å². The SMILES string of the molecule is CCn1ncc(Cl)c1C(=O)Nc1cnn(C)c1C. The molecular formula is C11H14ClN5O. The van der Waals surface area contributed by atoms with Crippen molar-refractivity contribution in [1.29, 1.82) is 0 Å². The van der Waals surface area contributed by atoms with Crippen LogP contribution in [0.3, 0.4) is 0 Å². The zero-order valence-corrected chi connectivity index (χ0v) is 11.2. The highest BCUT2D eigenvalue weighted by atomic mass is 35.5. The first-order valence-corrected chi connectivity index (χ1v) is 5.93. The summed E-state index contributed by atoms with van der Waals surface area (Å²) in [4.78, 5) is 12.1. The van der Waals surface area contributed by atoms with Gasteiger partial charge < -0.3 is 5.32 Å². The molecule has 2 aromatic rings. The minimum Gasteiger partial charge on any atom is -0.318 e. The predicted molar refractivity (Wildman–Crippen MR) is 68.8 cm³/mol. The van der Waals surface area contributed by atoms with Crippen molar-refractivity contribution in [1.82, 2.24) is 19.6 Å². The number of hydrogen-bond acceptors (Lipinski definition) is 3. The molecule has 6 nitrogen and oxygen atoms in total. The molecule has 0 saturated carbocycles. The van der Waals surface area contributed by atoms with Gasteiger partial charge in [0, 0.05) is 13.6 Å². The fourth-order valence-electron chi connectivity index (χ4n) is 1.63. The van der Waals surface area contributed by atoms with Crippen molar-refractivity contribution < 1.29 is 4.79 Å². The van der Waals surface area contributed by atoms with Crippen molar-refractivity contribution in [2.24, 2.45) is 7.05 Å². The van der Waals surface area contributed by atoms with Crippen LogP contribution in [-0.4, -0.2) is 25.5 Å². The maximum atomic E-state index is 12.1. The molecule has 0 aromatic carbocycles. The van der Waals surface area contributed by atoms with Gasteiger partial charge in [-0.05, 0) is 13.8 Å². The fourth-order valence-corrected chi connectivity index (χ4v) is 1.86. The molecule has 96 valence electrons. The van der Waals surface area contributed by atoms with E-state index in [1.54, 1.807) is 15.6 Å². The van der Waals surface area contributed by atoms with E-state index in [-0.39, 0.29) is 5.91 Å². The molecule has 0 aliphatic carbocycles. The van der Waals surface area contributed by atoms with E-state index in [0.717, 1.165) is 5.69 Å². The normalized spacial score (nSPS) is 10.7. The lowest BCUT2D eigenvalue weighted by molar-refractivity contribution is 0.101. The number of aryl methyl sites for hydroxylation is 2. The van der Waals surface area contributed by atoms with Crippen molar-refractivity contribution in [3.63, 3.8) is 0 Å². The average Bonchev–Trinajstić information content (AvgIpc) is 2.86. The Morgan fingerprint density at radius 1 is 1.44 bits per heavy atom. The van der Waals surface area contributed by atoms with Gasteiger partial charge >= 0.3 is 0 Å². The summed E-state index contributed by atoms with van der Waals surface area (Å²) in [6, 6.07) is 0. The number of hydrogen-bond donors (Lipinski definition) is 1. The molecule has 0 radical (unpaired) electrons. The predicted octanol–water partition coefficient (Wildman–Crippen LogP) is 1.85. The zero-order chi connectivity index (χ0) is 13.3. The zero-order valence-electron chi connectivity index (χ0n) is 10.4. The molecule has 2 aromatic heterocycles. The number of nitrogens with zero attached hydrogens (tertiary/aromatic N) is 4. The number of nitrogens with one attached hydrogen (secondary N) is 1. The molecule has 0 fully saturated rings. The van der Waals surface area contributed by atoms with Crippen LogP contribution in [-0.2, 0) is 13.6 Å². The number of aromatic nitrogens is 4. The van der Waals surface area contributed by atoms with Crippen molar-refractivity contribution >= 4 is 23.2 Å². The standard InChI is InChI=1S/C11H14ClN5O/c1-4-17-10(8(12)5-14-17)11(18)15-9-6-13-16(3)7(9)2/h5-6H,4H2,1-3H3,(H,15,18). The number of amides is 1. The van der Waals surface area contributed by atoms with Crippen molar-refractivity contribution in [3.05, 3.63) is 28.8 Å². The molecule has 0 atom stereocenters. The van der Waals surface area contributed by atoms with E-state index in [1.807, 2.05) is 20.9 Å². The highest BCUT2D eigenvalue weighted by Crippen LogP contribution is 2.18. The average molecular weight is 268 g/mol. The van der Waals surface area contributed by atoms with Crippen LogP contribution in [0.2, 0.25) is 5.02 Å². The maximum absolute atomic E-state index is 12.1. The van der Waals surface area contributed by atoms with E-state index < -0.39 is 0 Å². The molecule has 7 heteroatoms. The quantitative estimate of drug-likeness (QED) is 0.923. The minimum absolute atomic E-state index is 0.282. The summed E-state index contributed by atoms with van der Waals surface area (Å²) in [5.41, 5.74) is 1.91. The lowest BCUT2D eigenvalue weighted by Gasteiger charge is -2.06. The van der Waals surface area contributed by atoms with Crippen LogP contribution >= 0.6 is 11.6 Å². The summed E-state index contributed by atoms with van der Waals surface area (Å²) in [7, 11) is 1.81. The largest absolute Gasteiger partial charge is 0.318 e. The Hall–Kier alpha value is -1.82. The maximum Gasteiger partial charge on any atom is 0.275 e. The Morgan fingerprint density at radius 3 is 2.72 bits per heavy atom.